The second-order valence-corrected chi connectivity index (χ2v) is 5.60. The number of carbonyl (C=O) groups is 1. The zero-order valence-corrected chi connectivity index (χ0v) is 12.8. The molecule has 5 heteroatoms. The van der Waals surface area contributed by atoms with Crippen molar-refractivity contribution in [3.8, 4) is 0 Å². The molecule has 0 aliphatic carbocycles. The average molecular weight is 313 g/mol. The van der Waals surface area contributed by atoms with E-state index in [4.69, 9.17) is 0 Å². The van der Waals surface area contributed by atoms with Crippen LogP contribution in [-0.2, 0) is 4.79 Å². The van der Waals surface area contributed by atoms with Gasteiger partial charge < -0.3 is 10.6 Å². The maximum absolute atomic E-state index is 13.0. The lowest BCUT2D eigenvalue weighted by Crippen LogP contribution is -2.48. The van der Waals surface area contributed by atoms with Gasteiger partial charge in [0, 0.05) is 31.9 Å². The molecule has 0 saturated carbocycles. The number of nitrogens with zero attached hydrogens (tertiary/aromatic N) is 1. The van der Waals surface area contributed by atoms with E-state index in [1.807, 2.05) is 30.3 Å². The Balaban J connectivity index is 1.82. The highest BCUT2D eigenvalue weighted by atomic mass is 19.1. The number of carbonyl (C=O) groups excluding carboxylic acids is 1. The monoisotopic (exact) mass is 313 g/mol. The largest absolute Gasteiger partial charge is 0.324 e. The van der Waals surface area contributed by atoms with E-state index in [0.29, 0.717) is 5.69 Å². The number of nitrogens with one attached hydrogen (secondary N) is 2. The van der Waals surface area contributed by atoms with E-state index < -0.39 is 0 Å². The first kappa shape index (κ1) is 15.6. The van der Waals surface area contributed by atoms with Crippen LogP contribution in [-0.4, -0.2) is 37.0 Å². The summed E-state index contributed by atoms with van der Waals surface area (Å²) in [6.45, 7) is 3.37. The third-order valence-corrected chi connectivity index (χ3v) is 3.99. The van der Waals surface area contributed by atoms with Crippen LogP contribution in [0.3, 0.4) is 0 Å². The molecular formula is C18H20FN3O. The second kappa shape index (κ2) is 7.35. The van der Waals surface area contributed by atoms with E-state index in [1.54, 1.807) is 12.1 Å². The maximum Gasteiger partial charge on any atom is 0.246 e. The Labute approximate surface area is 135 Å². The summed E-state index contributed by atoms with van der Waals surface area (Å²) >= 11 is 0. The number of piperazine rings is 1. The summed E-state index contributed by atoms with van der Waals surface area (Å²) in [5.74, 6) is -0.408. The van der Waals surface area contributed by atoms with Crippen molar-refractivity contribution in [2.24, 2.45) is 0 Å². The molecule has 1 amide bonds. The third kappa shape index (κ3) is 3.94. The topological polar surface area (TPSA) is 44.4 Å². The van der Waals surface area contributed by atoms with Crippen molar-refractivity contribution in [2.75, 3.05) is 31.5 Å². The van der Waals surface area contributed by atoms with Crippen molar-refractivity contribution in [3.63, 3.8) is 0 Å². The summed E-state index contributed by atoms with van der Waals surface area (Å²) in [6, 6.07) is 15.3. The third-order valence-electron chi connectivity index (χ3n) is 3.99. The van der Waals surface area contributed by atoms with Crippen LogP contribution in [0.5, 0.6) is 0 Å². The molecule has 1 atom stereocenters. The number of anilines is 1. The van der Waals surface area contributed by atoms with Gasteiger partial charge in [0.15, 0.2) is 0 Å². The highest BCUT2D eigenvalue weighted by Gasteiger charge is 2.28. The van der Waals surface area contributed by atoms with Gasteiger partial charge in [-0.3, -0.25) is 9.69 Å². The van der Waals surface area contributed by atoms with Gasteiger partial charge in [0.05, 0.1) is 0 Å². The fourth-order valence-corrected chi connectivity index (χ4v) is 2.85. The van der Waals surface area contributed by atoms with Crippen molar-refractivity contribution < 1.29 is 9.18 Å². The number of rotatable bonds is 4. The molecule has 1 aliphatic heterocycles. The Morgan fingerprint density at radius 3 is 2.35 bits per heavy atom. The number of hydrogen-bond acceptors (Lipinski definition) is 3. The minimum Gasteiger partial charge on any atom is -0.324 e. The molecule has 3 rings (SSSR count). The van der Waals surface area contributed by atoms with Crippen LogP contribution in [0.15, 0.2) is 54.6 Å². The Bertz CT molecular complexity index is 639. The van der Waals surface area contributed by atoms with E-state index >= 15 is 0 Å². The number of benzene rings is 2. The molecule has 2 aromatic rings. The van der Waals surface area contributed by atoms with Gasteiger partial charge >= 0.3 is 0 Å². The Morgan fingerprint density at radius 2 is 1.70 bits per heavy atom. The van der Waals surface area contributed by atoms with Crippen LogP contribution in [0.2, 0.25) is 0 Å². The summed E-state index contributed by atoms with van der Waals surface area (Å²) in [7, 11) is 0. The van der Waals surface area contributed by atoms with Crippen LogP contribution in [0.4, 0.5) is 10.1 Å². The lowest BCUT2D eigenvalue weighted by molar-refractivity contribution is -0.121. The molecule has 1 aliphatic rings. The zero-order chi connectivity index (χ0) is 16.1. The van der Waals surface area contributed by atoms with Gasteiger partial charge in [-0.2, -0.15) is 0 Å². The molecule has 0 aromatic heterocycles. The predicted molar refractivity (Wildman–Crippen MR) is 88.7 cm³/mol. The normalized spacial score (nSPS) is 16.7. The molecule has 1 fully saturated rings. The van der Waals surface area contributed by atoms with E-state index in [-0.39, 0.29) is 17.8 Å². The van der Waals surface area contributed by atoms with Crippen LogP contribution in [0.1, 0.15) is 11.6 Å². The van der Waals surface area contributed by atoms with Crippen LogP contribution < -0.4 is 10.6 Å². The minimum atomic E-state index is -0.344. The predicted octanol–water partition coefficient (Wildman–Crippen LogP) is 2.41. The highest BCUT2D eigenvalue weighted by Crippen LogP contribution is 2.23. The quantitative estimate of drug-likeness (QED) is 0.911. The van der Waals surface area contributed by atoms with E-state index in [2.05, 4.69) is 15.5 Å². The Kier molecular flexibility index (Phi) is 5.00. The molecule has 120 valence electrons. The van der Waals surface area contributed by atoms with Crippen LogP contribution in [0, 0.1) is 5.82 Å². The number of amides is 1. The van der Waals surface area contributed by atoms with Crippen molar-refractivity contribution in [1.29, 1.82) is 0 Å². The fourth-order valence-electron chi connectivity index (χ4n) is 2.85. The standard InChI is InChI=1S/C18H20FN3O/c19-15-6-8-16(9-7-15)21-18(23)17(14-4-2-1-3-5-14)22-12-10-20-11-13-22/h1-9,17,20H,10-13H2,(H,21,23). The molecule has 1 saturated heterocycles. The summed E-state index contributed by atoms with van der Waals surface area (Å²) in [5.41, 5.74) is 1.57. The van der Waals surface area contributed by atoms with Crippen molar-refractivity contribution in [3.05, 3.63) is 66.0 Å². The second-order valence-electron chi connectivity index (χ2n) is 5.60. The van der Waals surface area contributed by atoms with E-state index in [1.165, 1.54) is 12.1 Å². The number of halogens is 1. The highest BCUT2D eigenvalue weighted by molar-refractivity contribution is 5.95. The average Bonchev–Trinajstić information content (AvgIpc) is 2.59. The van der Waals surface area contributed by atoms with Crippen LogP contribution >= 0.6 is 0 Å². The van der Waals surface area contributed by atoms with Gasteiger partial charge in [0.2, 0.25) is 5.91 Å². The van der Waals surface area contributed by atoms with Crippen LogP contribution in [0.25, 0.3) is 0 Å². The molecule has 23 heavy (non-hydrogen) atoms. The summed E-state index contributed by atoms with van der Waals surface area (Å²) in [6.07, 6.45) is 0. The summed E-state index contributed by atoms with van der Waals surface area (Å²) < 4.78 is 13.0. The first-order valence-corrected chi connectivity index (χ1v) is 7.80. The molecule has 2 aromatic carbocycles. The smallest absolute Gasteiger partial charge is 0.246 e. The van der Waals surface area contributed by atoms with Gasteiger partial charge in [0.1, 0.15) is 11.9 Å². The number of hydrogen-bond donors (Lipinski definition) is 2. The molecule has 1 heterocycles. The van der Waals surface area contributed by atoms with Crippen molar-refractivity contribution >= 4 is 11.6 Å². The molecular weight excluding hydrogens is 293 g/mol. The van der Waals surface area contributed by atoms with Crippen molar-refractivity contribution in [2.45, 2.75) is 6.04 Å². The lowest BCUT2D eigenvalue weighted by atomic mass is 10.0. The van der Waals surface area contributed by atoms with Gasteiger partial charge in [-0.05, 0) is 29.8 Å². The van der Waals surface area contributed by atoms with E-state index in [0.717, 1.165) is 31.7 Å². The van der Waals surface area contributed by atoms with E-state index in [9.17, 15) is 9.18 Å². The molecule has 0 spiro atoms. The lowest BCUT2D eigenvalue weighted by Gasteiger charge is -2.34. The van der Waals surface area contributed by atoms with Gasteiger partial charge in [-0.1, -0.05) is 30.3 Å². The van der Waals surface area contributed by atoms with Crippen molar-refractivity contribution in [1.82, 2.24) is 10.2 Å². The molecule has 1 unspecified atom stereocenters. The fraction of sp³-hybridized carbons (Fsp3) is 0.278. The first-order chi connectivity index (χ1) is 11.2. The van der Waals surface area contributed by atoms with Gasteiger partial charge in [0.25, 0.3) is 0 Å². The summed E-state index contributed by atoms with van der Waals surface area (Å²) in [4.78, 5) is 15.0. The minimum absolute atomic E-state index is 0.0929. The molecule has 0 bridgehead atoms. The van der Waals surface area contributed by atoms with Gasteiger partial charge in [-0.15, -0.1) is 0 Å². The molecule has 0 radical (unpaired) electrons. The zero-order valence-electron chi connectivity index (χ0n) is 12.8. The SMILES string of the molecule is O=C(Nc1ccc(F)cc1)C(c1ccccc1)N1CCNCC1. The Morgan fingerprint density at radius 1 is 1.04 bits per heavy atom. The summed E-state index contributed by atoms with van der Waals surface area (Å²) in [5, 5.41) is 6.20. The Hall–Kier alpha value is -2.24. The maximum atomic E-state index is 13.0. The van der Waals surface area contributed by atoms with Gasteiger partial charge in [-0.25, -0.2) is 4.39 Å². The molecule has 2 N–H and O–H groups in total. The molecule has 4 nitrogen and oxygen atoms in total. The first-order valence-electron chi connectivity index (χ1n) is 7.80.